The van der Waals surface area contributed by atoms with Gasteiger partial charge in [0.05, 0.1) is 5.83 Å². The quantitative estimate of drug-likeness (QED) is 0.592. The third-order valence-corrected chi connectivity index (χ3v) is 4.52. The van der Waals surface area contributed by atoms with Crippen molar-refractivity contribution in [1.82, 2.24) is 4.98 Å². The molecule has 1 atom stereocenters. The highest BCUT2D eigenvalue weighted by Crippen LogP contribution is 2.29. The number of hydrogen-bond acceptors (Lipinski definition) is 4. The summed E-state index contributed by atoms with van der Waals surface area (Å²) in [5, 5.41) is 0. The van der Waals surface area contributed by atoms with E-state index in [9.17, 15) is 8.60 Å². The van der Waals surface area contributed by atoms with Crippen molar-refractivity contribution in [1.29, 1.82) is 0 Å². The molecule has 0 aliphatic heterocycles. The minimum absolute atomic E-state index is 0.262. The molecule has 0 radical (unpaired) electrons. The smallest absolute Gasteiger partial charge is 0.228 e. The van der Waals surface area contributed by atoms with Crippen LogP contribution in [-0.4, -0.2) is 15.4 Å². The summed E-state index contributed by atoms with van der Waals surface area (Å²) in [6.07, 6.45) is 10.8. The van der Waals surface area contributed by atoms with E-state index in [1.807, 2.05) is 0 Å². The average molecular weight is 427 g/mol. The highest BCUT2D eigenvalue weighted by Gasteiger charge is 2.15. The molecule has 0 amide bonds. The Morgan fingerprint density at radius 3 is 2.60 bits per heavy atom. The van der Waals surface area contributed by atoms with Crippen molar-refractivity contribution in [3.05, 3.63) is 76.7 Å². The van der Waals surface area contributed by atoms with Gasteiger partial charge in [0.1, 0.15) is 5.69 Å². The van der Waals surface area contributed by atoms with Crippen LogP contribution in [0.2, 0.25) is 0 Å². The molecule has 0 saturated heterocycles. The molecule has 0 aromatic carbocycles. The van der Waals surface area contributed by atoms with Crippen molar-refractivity contribution in [2.45, 2.75) is 13.3 Å². The first-order chi connectivity index (χ1) is 11.8. The predicted octanol–water partition coefficient (Wildman–Crippen LogP) is 5.02. The van der Waals surface area contributed by atoms with Crippen LogP contribution in [0.3, 0.4) is 0 Å². The number of rotatable bonds is 8. The lowest BCUT2D eigenvalue weighted by molar-refractivity contribution is 0.519. The van der Waals surface area contributed by atoms with Crippen molar-refractivity contribution in [2.24, 2.45) is 5.73 Å². The van der Waals surface area contributed by atoms with E-state index in [0.717, 1.165) is 0 Å². The Labute approximate surface area is 158 Å². The highest BCUT2D eigenvalue weighted by atomic mass is 79.9. The van der Waals surface area contributed by atoms with Crippen LogP contribution in [0.25, 0.3) is 11.1 Å². The van der Waals surface area contributed by atoms with Gasteiger partial charge in [-0.25, -0.2) is 9.37 Å². The molecule has 0 aliphatic carbocycles. The fourth-order valence-corrected chi connectivity index (χ4v) is 2.35. The van der Waals surface area contributed by atoms with Crippen molar-refractivity contribution >= 4 is 37.9 Å². The lowest BCUT2D eigenvalue weighted by atomic mass is 10.2. The summed E-state index contributed by atoms with van der Waals surface area (Å²) in [5.41, 5.74) is 7.18. The van der Waals surface area contributed by atoms with Crippen LogP contribution in [0, 0.1) is 0 Å². The number of oxazole rings is 1. The fraction of sp³-hybridized carbons (Fsp3) is 0.167. The predicted molar refractivity (Wildman–Crippen MR) is 106 cm³/mol. The second-order valence-corrected chi connectivity index (χ2v) is 6.96. The summed E-state index contributed by atoms with van der Waals surface area (Å²) in [6, 6.07) is 0. The largest absolute Gasteiger partial charge is 0.429 e. The van der Waals surface area contributed by atoms with Gasteiger partial charge in [0.15, 0.2) is 4.67 Å². The third-order valence-electron chi connectivity index (χ3n) is 3.11. The minimum Gasteiger partial charge on any atom is -0.429 e. The van der Waals surface area contributed by atoms with Crippen LogP contribution in [0.15, 0.2) is 69.6 Å². The van der Waals surface area contributed by atoms with Crippen LogP contribution in [-0.2, 0) is 10.8 Å². The Morgan fingerprint density at radius 1 is 1.40 bits per heavy atom. The van der Waals surface area contributed by atoms with Crippen LogP contribution in [0.5, 0.6) is 0 Å². The lowest BCUT2D eigenvalue weighted by Crippen LogP contribution is -1.91. The van der Waals surface area contributed by atoms with Gasteiger partial charge in [-0.15, -0.1) is 0 Å². The van der Waals surface area contributed by atoms with E-state index in [2.05, 4.69) is 34.1 Å². The van der Waals surface area contributed by atoms with Gasteiger partial charge >= 0.3 is 0 Å². The Hall–Kier alpha value is -1.99. The van der Waals surface area contributed by atoms with Crippen molar-refractivity contribution in [2.75, 3.05) is 6.26 Å². The zero-order valence-corrected chi connectivity index (χ0v) is 16.5. The summed E-state index contributed by atoms with van der Waals surface area (Å²) < 4.78 is 30.6. The Balaban J connectivity index is 3.22. The summed E-state index contributed by atoms with van der Waals surface area (Å²) in [4.78, 5) is 4.82. The van der Waals surface area contributed by atoms with Gasteiger partial charge in [-0.1, -0.05) is 32.2 Å². The number of nitrogens with zero attached hydrogens (tertiary/aromatic N) is 1. The first-order valence-electron chi connectivity index (χ1n) is 7.32. The average Bonchev–Trinajstić information content (AvgIpc) is 2.97. The monoisotopic (exact) mass is 426 g/mol. The molecular formula is C18H20BrFN2O2S. The van der Waals surface area contributed by atoms with Gasteiger partial charge in [0.25, 0.3) is 0 Å². The second kappa shape index (κ2) is 10.1. The van der Waals surface area contributed by atoms with Gasteiger partial charge in [0.2, 0.25) is 5.89 Å². The second-order valence-electron chi connectivity index (χ2n) is 4.81. The summed E-state index contributed by atoms with van der Waals surface area (Å²) >= 11 is 3.29. The van der Waals surface area contributed by atoms with E-state index >= 15 is 0 Å². The van der Waals surface area contributed by atoms with Gasteiger partial charge < -0.3 is 10.2 Å². The van der Waals surface area contributed by atoms with Gasteiger partial charge in [0, 0.05) is 39.3 Å². The SMILES string of the molecule is C=C/C(=C\C=C(\F)CC)c1nc(C(/C=C\C(=C)S(C)=O)=C/N)c(Br)o1. The van der Waals surface area contributed by atoms with E-state index < -0.39 is 10.8 Å². The molecule has 25 heavy (non-hydrogen) atoms. The first-order valence-corrected chi connectivity index (χ1v) is 9.67. The Bertz CT molecular complexity index is 804. The van der Waals surface area contributed by atoms with Crippen molar-refractivity contribution in [3.63, 3.8) is 0 Å². The molecular weight excluding hydrogens is 407 g/mol. The van der Waals surface area contributed by atoms with Gasteiger partial charge in [-0.3, -0.25) is 4.21 Å². The summed E-state index contributed by atoms with van der Waals surface area (Å²) in [7, 11) is -1.17. The molecule has 1 rings (SSSR count). The van der Waals surface area contributed by atoms with Crippen molar-refractivity contribution < 1.29 is 13.0 Å². The van der Waals surface area contributed by atoms with E-state index in [1.165, 1.54) is 30.7 Å². The maximum Gasteiger partial charge on any atom is 0.228 e. The molecule has 0 spiro atoms. The van der Waals surface area contributed by atoms with Gasteiger partial charge in [-0.05, 0) is 40.6 Å². The fourth-order valence-electron chi connectivity index (χ4n) is 1.62. The molecule has 0 fully saturated rings. The Kier molecular flexibility index (Phi) is 8.51. The molecule has 1 heterocycles. The van der Waals surface area contributed by atoms with Crippen LogP contribution in [0.1, 0.15) is 24.9 Å². The van der Waals surface area contributed by atoms with E-state index in [4.69, 9.17) is 10.2 Å². The van der Waals surface area contributed by atoms with Crippen LogP contribution < -0.4 is 5.73 Å². The maximum absolute atomic E-state index is 13.3. The molecule has 134 valence electrons. The zero-order valence-electron chi connectivity index (χ0n) is 14.1. The highest BCUT2D eigenvalue weighted by molar-refractivity contribution is 9.10. The van der Waals surface area contributed by atoms with Crippen LogP contribution >= 0.6 is 15.9 Å². The molecule has 4 nitrogen and oxygen atoms in total. The minimum atomic E-state index is -1.17. The number of allylic oxidation sites excluding steroid dienone is 8. The molecule has 0 aliphatic rings. The standard InChI is InChI=1S/C18H20BrFN2O2S/c1-5-13(9-10-15(20)6-2)18-22-16(17(19)24-18)14(11-21)8-7-12(3)25(4)23/h5,7-11H,1,3,6,21H2,2,4H3/b8-7-,13-9+,14-11+,15-10+. The number of nitrogens with two attached hydrogens (primary N) is 1. The lowest BCUT2D eigenvalue weighted by Gasteiger charge is -1.97. The molecule has 7 heteroatoms. The summed E-state index contributed by atoms with van der Waals surface area (Å²) in [6.45, 7) is 9.10. The number of halogens is 2. The van der Waals surface area contributed by atoms with E-state index in [-0.39, 0.29) is 11.7 Å². The number of aromatic nitrogens is 1. The normalized spacial score (nSPS) is 14.8. The molecule has 1 aromatic heterocycles. The zero-order chi connectivity index (χ0) is 19.0. The summed E-state index contributed by atoms with van der Waals surface area (Å²) in [5.74, 6) is 0.00410. The van der Waals surface area contributed by atoms with Crippen molar-refractivity contribution in [3.8, 4) is 0 Å². The molecule has 0 bridgehead atoms. The van der Waals surface area contributed by atoms with Gasteiger partial charge in [-0.2, -0.15) is 0 Å². The number of hydrogen-bond donors (Lipinski definition) is 1. The molecule has 1 aromatic rings. The molecule has 0 saturated carbocycles. The topological polar surface area (TPSA) is 69.1 Å². The Morgan fingerprint density at radius 2 is 2.08 bits per heavy atom. The maximum atomic E-state index is 13.3. The van der Waals surface area contributed by atoms with Crippen LogP contribution in [0.4, 0.5) is 4.39 Å². The molecule has 2 N–H and O–H groups in total. The van der Waals surface area contributed by atoms with E-state index in [0.29, 0.717) is 32.8 Å². The molecule has 1 unspecified atom stereocenters. The van der Waals surface area contributed by atoms with E-state index in [1.54, 1.807) is 19.1 Å². The first kappa shape index (κ1) is 21.1. The third kappa shape index (κ3) is 6.10.